The minimum Gasteiger partial charge on any atom is -0.385 e. The summed E-state index contributed by atoms with van der Waals surface area (Å²) in [7, 11) is 0. The van der Waals surface area contributed by atoms with Crippen LogP contribution in [0, 0.1) is 0 Å². The molecule has 2 aromatic rings. The molecular weight excluding hydrogens is 362 g/mol. The average molecular weight is 385 g/mol. The maximum Gasteiger partial charge on any atom is 0.183 e. The number of aliphatic hydroxyl groups is 2. The van der Waals surface area contributed by atoms with Crippen LogP contribution in [0.2, 0.25) is 0 Å². The summed E-state index contributed by atoms with van der Waals surface area (Å²) in [6, 6.07) is 18.3. The van der Waals surface area contributed by atoms with E-state index in [4.69, 9.17) is 19.7 Å². The smallest absolute Gasteiger partial charge is 0.183 e. The van der Waals surface area contributed by atoms with E-state index in [-0.39, 0.29) is 13.2 Å². The standard InChI is InChI=1S/C20H23N3O5/c21-23-22-16(13-26-11-14-7-3-1-4-8-14)18-19(17(24)20(25)28-18)27-12-15-9-5-2-6-10-15/h1-10,16-20,24-25H,11-13H2/t16-,17-,18-,19+,20?/m0/s1. The highest BCUT2D eigenvalue weighted by Gasteiger charge is 2.47. The van der Waals surface area contributed by atoms with Gasteiger partial charge in [0.05, 0.1) is 25.9 Å². The SMILES string of the molecule is [N-]=[N+]=N[C@@H](COCc1ccccc1)[C@@H]1OC(O)[C@@H](O)[C@H]1OCc1ccccc1. The quantitative estimate of drug-likeness (QED) is 0.391. The van der Waals surface area contributed by atoms with Crippen LogP contribution in [0.3, 0.4) is 0 Å². The molecule has 0 spiro atoms. The van der Waals surface area contributed by atoms with E-state index in [1.165, 1.54) is 0 Å². The summed E-state index contributed by atoms with van der Waals surface area (Å²) in [5, 5.41) is 23.9. The number of nitrogens with zero attached hydrogens (tertiary/aromatic N) is 3. The highest BCUT2D eigenvalue weighted by molar-refractivity contribution is 5.14. The molecule has 2 aromatic carbocycles. The van der Waals surface area contributed by atoms with Gasteiger partial charge in [-0.05, 0) is 16.7 Å². The number of azide groups is 1. The van der Waals surface area contributed by atoms with Crippen LogP contribution in [-0.4, -0.2) is 47.5 Å². The normalized spacial score (nSPS) is 25.2. The second kappa shape index (κ2) is 10.2. The maximum absolute atomic E-state index is 10.3. The summed E-state index contributed by atoms with van der Waals surface area (Å²) in [6.07, 6.45) is -4.36. The molecule has 3 rings (SSSR count). The van der Waals surface area contributed by atoms with Crippen LogP contribution < -0.4 is 0 Å². The minimum atomic E-state index is -1.42. The Kier molecular flexibility index (Phi) is 7.39. The van der Waals surface area contributed by atoms with Crippen LogP contribution in [0.5, 0.6) is 0 Å². The molecular formula is C20H23N3O5. The third-order valence-electron chi connectivity index (χ3n) is 4.51. The largest absolute Gasteiger partial charge is 0.385 e. The zero-order valence-electron chi connectivity index (χ0n) is 15.2. The number of hydrogen-bond donors (Lipinski definition) is 2. The molecule has 1 aliphatic heterocycles. The van der Waals surface area contributed by atoms with Gasteiger partial charge in [0.25, 0.3) is 0 Å². The molecule has 1 heterocycles. The summed E-state index contributed by atoms with van der Waals surface area (Å²) in [5.74, 6) is 0. The van der Waals surface area contributed by atoms with Crippen molar-refractivity contribution in [3.05, 3.63) is 82.2 Å². The molecule has 2 N–H and O–H groups in total. The summed E-state index contributed by atoms with van der Waals surface area (Å²) < 4.78 is 16.9. The Hall–Kier alpha value is -2.45. The lowest BCUT2D eigenvalue weighted by atomic mass is 10.0. The third kappa shape index (κ3) is 5.30. The first-order valence-electron chi connectivity index (χ1n) is 9.02. The van der Waals surface area contributed by atoms with E-state index < -0.39 is 30.6 Å². The number of hydrogen-bond acceptors (Lipinski definition) is 6. The van der Waals surface area contributed by atoms with Gasteiger partial charge in [-0.25, -0.2) is 0 Å². The van der Waals surface area contributed by atoms with Gasteiger partial charge in [-0.2, -0.15) is 0 Å². The van der Waals surface area contributed by atoms with Crippen LogP contribution in [0.15, 0.2) is 65.8 Å². The second-order valence-corrected chi connectivity index (χ2v) is 6.52. The lowest BCUT2D eigenvalue weighted by Gasteiger charge is -2.25. The van der Waals surface area contributed by atoms with Crippen molar-refractivity contribution in [2.75, 3.05) is 6.61 Å². The first kappa shape index (κ1) is 20.3. The van der Waals surface area contributed by atoms with Crippen LogP contribution in [0.1, 0.15) is 11.1 Å². The zero-order chi connectivity index (χ0) is 19.8. The van der Waals surface area contributed by atoms with Crippen molar-refractivity contribution in [2.45, 2.75) is 43.9 Å². The van der Waals surface area contributed by atoms with Crippen LogP contribution in [-0.2, 0) is 27.4 Å². The van der Waals surface area contributed by atoms with Crippen molar-refractivity contribution >= 4 is 0 Å². The number of aliphatic hydroxyl groups excluding tert-OH is 2. The molecule has 0 aromatic heterocycles. The van der Waals surface area contributed by atoms with Gasteiger partial charge >= 0.3 is 0 Å². The number of benzene rings is 2. The lowest BCUT2D eigenvalue weighted by molar-refractivity contribution is -0.133. The molecule has 28 heavy (non-hydrogen) atoms. The topological polar surface area (TPSA) is 117 Å². The maximum atomic E-state index is 10.3. The number of rotatable bonds is 9. The van der Waals surface area contributed by atoms with Crippen molar-refractivity contribution in [1.82, 2.24) is 0 Å². The summed E-state index contributed by atoms with van der Waals surface area (Å²) in [6.45, 7) is 0.628. The summed E-state index contributed by atoms with van der Waals surface area (Å²) >= 11 is 0. The fraction of sp³-hybridized carbons (Fsp3) is 0.400. The number of ether oxygens (including phenoxy) is 3. The van der Waals surface area contributed by atoms with Crippen molar-refractivity contribution < 1.29 is 24.4 Å². The van der Waals surface area contributed by atoms with Crippen molar-refractivity contribution in [3.8, 4) is 0 Å². The van der Waals surface area contributed by atoms with Gasteiger partial charge < -0.3 is 24.4 Å². The molecule has 1 saturated heterocycles. The monoisotopic (exact) mass is 385 g/mol. The van der Waals surface area contributed by atoms with E-state index in [2.05, 4.69) is 10.0 Å². The molecule has 8 nitrogen and oxygen atoms in total. The summed E-state index contributed by atoms with van der Waals surface area (Å²) in [5.41, 5.74) is 10.8. The molecule has 5 atom stereocenters. The van der Waals surface area contributed by atoms with Crippen LogP contribution >= 0.6 is 0 Å². The Morgan fingerprint density at radius 3 is 2.21 bits per heavy atom. The fourth-order valence-electron chi connectivity index (χ4n) is 3.08. The molecule has 0 aliphatic carbocycles. The Bertz CT molecular complexity index is 770. The lowest BCUT2D eigenvalue weighted by Crippen LogP contribution is -2.42. The molecule has 8 heteroatoms. The van der Waals surface area contributed by atoms with Crippen molar-refractivity contribution in [1.29, 1.82) is 0 Å². The molecule has 1 aliphatic rings. The van der Waals surface area contributed by atoms with Gasteiger partial charge in [-0.15, -0.1) is 0 Å². The Morgan fingerprint density at radius 2 is 1.61 bits per heavy atom. The van der Waals surface area contributed by atoms with Crippen molar-refractivity contribution in [2.24, 2.45) is 5.11 Å². The predicted octanol–water partition coefficient (Wildman–Crippen LogP) is 2.55. The Labute approximate surface area is 162 Å². The zero-order valence-corrected chi connectivity index (χ0v) is 15.2. The van der Waals surface area contributed by atoms with Crippen LogP contribution in [0.25, 0.3) is 10.4 Å². The van der Waals surface area contributed by atoms with Crippen LogP contribution in [0.4, 0.5) is 0 Å². The Balaban J connectivity index is 1.63. The van der Waals surface area contributed by atoms with E-state index in [0.29, 0.717) is 6.61 Å². The van der Waals surface area contributed by atoms with Gasteiger partial charge in [0, 0.05) is 4.91 Å². The molecule has 148 valence electrons. The predicted molar refractivity (Wildman–Crippen MR) is 101 cm³/mol. The van der Waals surface area contributed by atoms with Gasteiger partial charge in [0.1, 0.15) is 18.3 Å². The van der Waals surface area contributed by atoms with Gasteiger partial charge in [-0.3, -0.25) is 0 Å². The van der Waals surface area contributed by atoms with E-state index in [9.17, 15) is 10.2 Å². The van der Waals surface area contributed by atoms with E-state index in [0.717, 1.165) is 11.1 Å². The van der Waals surface area contributed by atoms with Gasteiger partial charge in [0.2, 0.25) is 0 Å². The fourth-order valence-corrected chi connectivity index (χ4v) is 3.08. The summed E-state index contributed by atoms with van der Waals surface area (Å²) in [4.78, 5) is 2.86. The van der Waals surface area contributed by atoms with Gasteiger partial charge in [0.15, 0.2) is 6.29 Å². The molecule has 1 fully saturated rings. The molecule has 0 radical (unpaired) electrons. The molecule has 0 bridgehead atoms. The minimum absolute atomic E-state index is 0.0637. The highest BCUT2D eigenvalue weighted by Crippen LogP contribution is 2.28. The molecule has 1 unspecified atom stereocenters. The van der Waals surface area contributed by atoms with E-state index in [1.54, 1.807) is 0 Å². The Morgan fingerprint density at radius 1 is 1.00 bits per heavy atom. The van der Waals surface area contributed by atoms with E-state index in [1.807, 2.05) is 60.7 Å². The van der Waals surface area contributed by atoms with E-state index >= 15 is 0 Å². The first-order chi connectivity index (χ1) is 13.7. The molecule has 0 amide bonds. The highest BCUT2D eigenvalue weighted by atomic mass is 16.7. The van der Waals surface area contributed by atoms with Crippen molar-refractivity contribution in [3.63, 3.8) is 0 Å². The average Bonchev–Trinajstić information content (AvgIpc) is 3.01. The van der Waals surface area contributed by atoms with Gasteiger partial charge in [-0.1, -0.05) is 65.8 Å². The molecule has 0 saturated carbocycles. The first-order valence-corrected chi connectivity index (χ1v) is 9.02. The third-order valence-corrected chi connectivity index (χ3v) is 4.51. The second-order valence-electron chi connectivity index (χ2n) is 6.52.